The van der Waals surface area contributed by atoms with Gasteiger partial charge in [0.05, 0.1) is 11.7 Å². The topological polar surface area (TPSA) is 78.3 Å². The van der Waals surface area contributed by atoms with E-state index in [9.17, 15) is 9.18 Å². The van der Waals surface area contributed by atoms with Crippen molar-refractivity contribution in [2.24, 2.45) is 0 Å². The van der Waals surface area contributed by atoms with Crippen LogP contribution in [0.2, 0.25) is 0 Å². The minimum Gasteiger partial charge on any atom is -0.491 e. The number of thioether (sulfide) groups is 1. The van der Waals surface area contributed by atoms with Crippen molar-refractivity contribution in [3.8, 4) is 5.75 Å². The number of fused-ring (bicyclic) bond motifs is 1. The molecule has 1 aliphatic heterocycles. The summed E-state index contributed by atoms with van der Waals surface area (Å²) in [5, 5.41) is 8.29. The minimum atomic E-state index is -0.563. The predicted molar refractivity (Wildman–Crippen MR) is 134 cm³/mol. The molecule has 0 amide bonds. The Kier molecular flexibility index (Phi) is 7.55. The smallest absolute Gasteiger partial charge is 0.338 e. The molecule has 2 aromatic carbocycles. The van der Waals surface area contributed by atoms with E-state index in [1.54, 1.807) is 29.8 Å². The number of hydrogen-bond acceptors (Lipinski definition) is 7. The van der Waals surface area contributed by atoms with Crippen molar-refractivity contribution >= 4 is 23.7 Å². The number of anilines is 1. The van der Waals surface area contributed by atoms with Crippen molar-refractivity contribution in [1.29, 1.82) is 0 Å². The van der Waals surface area contributed by atoms with Gasteiger partial charge in [0.25, 0.3) is 0 Å². The number of carbonyl (C=O) groups excluding carboxylic acids is 1. The maximum atomic E-state index is 14.1. The first-order chi connectivity index (χ1) is 16.9. The first-order valence-electron chi connectivity index (χ1n) is 11.2. The quantitative estimate of drug-likeness (QED) is 0.239. The monoisotopic (exact) mass is 494 g/mol. The van der Waals surface area contributed by atoms with Crippen molar-refractivity contribution in [3.05, 3.63) is 89.4 Å². The van der Waals surface area contributed by atoms with Crippen LogP contribution >= 0.6 is 11.8 Å². The van der Waals surface area contributed by atoms with E-state index in [2.05, 4.69) is 22.0 Å². The zero-order chi connectivity index (χ0) is 24.9. The van der Waals surface area contributed by atoms with E-state index in [0.29, 0.717) is 33.7 Å². The highest BCUT2D eigenvalue weighted by Gasteiger charge is 2.35. The summed E-state index contributed by atoms with van der Waals surface area (Å²) in [4.78, 5) is 17.6. The highest BCUT2D eigenvalue weighted by atomic mass is 32.2. The number of benzene rings is 2. The Morgan fingerprint density at radius 2 is 2.00 bits per heavy atom. The molecule has 0 saturated carbocycles. The first kappa shape index (κ1) is 24.5. The fourth-order valence-electron chi connectivity index (χ4n) is 3.74. The maximum absolute atomic E-state index is 14.1. The summed E-state index contributed by atoms with van der Waals surface area (Å²) in [5.74, 6) is 0.862. The lowest BCUT2D eigenvalue weighted by Crippen LogP contribution is -2.29. The Hall–Kier alpha value is -3.59. The van der Waals surface area contributed by atoms with Gasteiger partial charge in [0, 0.05) is 11.4 Å². The van der Waals surface area contributed by atoms with Crippen LogP contribution in [0.5, 0.6) is 5.75 Å². The predicted octanol–water partition coefficient (Wildman–Crippen LogP) is 5.51. The average Bonchev–Trinajstić information content (AvgIpc) is 3.23. The maximum Gasteiger partial charge on any atom is 0.338 e. The van der Waals surface area contributed by atoms with Gasteiger partial charge in [-0.1, -0.05) is 54.7 Å². The molecular formula is C26H27FN4O3S. The molecule has 182 valence electrons. The molecule has 1 unspecified atom stereocenters. The van der Waals surface area contributed by atoms with E-state index >= 15 is 0 Å². The molecular weight excluding hydrogens is 467 g/mol. The second kappa shape index (κ2) is 10.8. The van der Waals surface area contributed by atoms with E-state index in [1.165, 1.54) is 23.9 Å². The van der Waals surface area contributed by atoms with Gasteiger partial charge in [0.15, 0.2) is 0 Å². The summed E-state index contributed by atoms with van der Waals surface area (Å²) >= 11 is 1.32. The Morgan fingerprint density at radius 1 is 1.26 bits per heavy atom. The summed E-state index contributed by atoms with van der Waals surface area (Å²) in [6.07, 6.45) is 1.57. The third-order valence-corrected chi connectivity index (χ3v) is 6.15. The summed E-state index contributed by atoms with van der Waals surface area (Å²) in [7, 11) is 0. The summed E-state index contributed by atoms with van der Waals surface area (Å²) in [6, 6.07) is 13.6. The highest BCUT2D eigenvalue weighted by Crippen LogP contribution is 2.37. The lowest BCUT2D eigenvalue weighted by Gasteiger charge is -2.28. The molecule has 3 aromatic rings. The molecule has 1 atom stereocenters. The number of nitrogens with one attached hydrogen (secondary N) is 1. The van der Waals surface area contributed by atoms with Crippen molar-refractivity contribution in [1.82, 2.24) is 14.8 Å². The number of aromatic nitrogens is 3. The Labute approximate surface area is 208 Å². The molecule has 2 heterocycles. The summed E-state index contributed by atoms with van der Waals surface area (Å²) in [5.41, 5.74) is 2.44. The Morgan fingerprint density at radius 3 is 2.69 bits per heavy atom. The molecule has 0 aliphatic carbocycles. The minimum absolute atomic E-state index is 0.0438. The number of hydrogen-bond donors (Lipinski definition) is 1. The number of carbonyl (C=O) groups is 1. The van der Waals surface area contributed by atoms with Gasteiger partial charge in [-0.05, 0) is 50.1 Å². The molecule has 0 spiro atoms. The van der Waals surface area contributed by atoms with Crippen LogP contribution in [-0.2, 0) is 15.3 Å². The van der Waals surface area contributed by atoms with Crippen LogP contribution in [0, 0.1) is 5.82 Å². The van der Waals surface area contributed by atoms with E-state index in [-0.39, 0.29) is 18.5 Å². The second-order valence-electron chi connectivity index (χ2n) is 8.23. The van der Waals surface area contributed by atoms with E-state index in [4.69, 9.17) is 9.47 Å². The van der Waals surface area contributed by atoms with Crippen molar-refractivity contribution < 1.29 is 18.7 Å². The van der Waals surface area contributed by atoms with Crippen LogP contribution in [0.1, 0.15) is 37.9 Å². The van der Waals surface area contributed by atoms with Crippen LogP contribution in [0.25, 0.3) is 0 Å². The third-order valence-electron chi connectivity index (χ3n) is 5.27. The second-order valence-corrected chi connectivity index (χ2v) is 9.17. The zero-order valence-corrected chi connectivity index (χ0v) is 20.6. The number of halogens is 1. The number of nitrogens with zero attached hydrogens (tertiary/aromatic N) is 3. The molecule has 1 aromatic heterocycles. The Bertz CT molecular complexity index is 1250. The van der Waals surface area contributed by atoms with Gasteiger partial charge in [0.1, 0.15) is 24.2 Å². The van der Waals surface area contributed by atoms with Crippen molar-refractivity contribution in [2.45, 2.75) is 43.8 Å². The van der Waals surface area contributed by atoms with Gasteiger partial charge >= 0.3 is 5.97 Å². The van der Waals surface area contributed by atoms with Gasteiger partial charge in [0.2, 0.25) is 11.1 Å². The fourth-order valence-corrected chi connectivity index (χ4v) is 4.55. The molecule has 0 fully saturated rings. The molecule has 7 nitrogen and oxygen atoms in total. The van der Waals surface area contributed by atoms with Gasteiger partial charge in [-0.15, -0.1) is 5.10 Å². The van der Waals surface area contributed by atoms with Crippen LogP contribution in [0.15, 0.2) is 77.6 Å². The molecule has 9 heteroatoms. The zero-order valence-electron chi connectivity index (χ0n) is 19.8. The molecule has 35 heavy (non-hydrogen) atoms. The molecule has 1 N–H and O–H groups in total. The largest absolute Gasteiger partial charge is 0.491 e. The highest BCUT2D eigenvalue weighted by molar-refractivity contribution is 7.98. The average molecular weight is 495 g/mol. The van der Waals surface area contributed by atoms with Crippen LogP contribution in [0.3, 0.4) is 0 Å². The van der Waals surface area contributed by atoms with Crippen molar-refractivity contribution in [3.63, 3.8) is 0 Å². The van der Waals surface area contributed by atoms with E-state index < -0.39 is 12.0 Å². The standard InChI is InChI=1S/C26H27FN4O3S/c1-5-14-33-24(32)22-17(4)28-25-29-26(35-15-19-8-6-7-9-21(19)27)30-31(25)23(22)18-10-12-20(13-11-18)34-16(2)3/h5-13,16,23H,1,14-15H2,2-4H3,(H,28,29,30). The number of ether oxygens (including phenoxy) is 2. The number of allylic oxidation sites excluding steroid dienone is 1. The van der Waals surface area contributed by atoms with Gasteiger partial charge in [-0.2, -0.15) is 4.98 Å². The van der Waals surface area contributed by atoms with Gasteiger partial charge < -0.3 is 14.8 Å². The number of rotatable bonds is 9. The number of esters is 1. The van der Waals surface area contributed by atoms with Crippen LogP contribution in [0.4, 0.5) is 10.3 Å². The normalized spacial score (nSPS) is 14.9. The van der Waals surface area contributed by atoms with Crippen LogP contribution in [-0.4, -0.2) is 33.4 Å². The van der Waals surface area contributed by atoms with Crippen LogP contribution < -0.4 is 10.1 Å². The molecule has 0 saturated heterocycles. The van der Waals surface area contributed by atoms with E-state index in [0.717, 1.165) is 11.3 Å². The lowest BCUT2D eigenvalue weighted by atomic mass is 9.96. The van der Waals surface area contributed by atoms with E-state index in [1.807, 2.05) is 38.1 Å². The lowest BCUT2D eigenvalue weighted by molar-refractivity contribution is -0.138. The fraction of sp³-hybridized carbons (Fsp3) is 0.269. The molecule has 0 bridgehead atoms. The molecule has 4 rings (SSSR count). The SMILES string of the molecule is C=CCOC(=O)C1=C(C)Nc2nc(SCc3ccccc3F)nn2C1c1ccc(OC(C)C)cc1. The van der Waals surface area contributed by atoms with Crippen molar-refractivity contribution in [2.75, 3.05) is 11.9 Å². The molecule has 1 aliphatic rings. The summed E-state index contributed by atoms with van der Waals surface area (Å²) < 4.78 is 26.9. The molecule has 0 radical (unpaired) electrons. The van der Waals surface area contributed by atoms with Gasteiger partial charge in [-0.25, -0.2) is 13.9 Å². The third kappa shape index (κ3) is 5.57. The van der Waals surface area contributed by atoms with Gasteiger partial charge in [-0.3, -0.25) is 0 Å². The first-order valence-corrected chi connectivity index (χ1v) is 12.2. The summed E-state index contributed by atoms with van der Waals surface area (Å²) in [6.45, 7) is 9.44. The Balaban J connectivity index is 1.68.